The smallest absolute Gasteiger partial charge is 0.257 e. The molecule has 2 amide bonds. The highest BCUT2D eigenvalue weighted by Gasteiger charge is 2.23. The van der Waals surface area contributed by atoms with Crippen molar-refractivity contribution in [3.8, 4) is 5.75 Å². The second-order valence-corrected chi connectivity index (χ2v) is 8.77. The molecule has 0 radical (unpaired) electrons. The van der Waals surface area contributed by atoms with Crippen LogP contribution in [0.15, 0.2) is 72.8 Å². The lowest BCUT2D eigenvalue weighted by Gasteiger charge is -2.36. The Bertz CT molecular complexity index is 1230. The van der Waals surface area contributed by atoms with Crippen molar-refractivity contribution in [3.63, 3.8) is 0 Å². The van der Waals surface area contributed by atoms with Gasteiger partial charge in [-0.1, -0.05) is 35.9 Å². The molecular formula is C26H25ClN4O3S. The van der Waals surface area contributed by atoms with Crippen LogP contribution >= 0.6 is 23.8 Å². The van der Waals surface area contributed by atoms with Crippen molar-refractivity contribution in [1.29, 1.82) is 0 Å². The lowest BCUT2D eigenvalue weighted by molar-refractivity contribution is 0.0746. The summed E-state index contributed by atoms with van der Waals surface area (Å²) in [5, 5.41) is 6.37. The zero-order valence-electron chi connectivity index (χ0n) is 19.2. The van der Waals surface area contributed by atoms with Crippen LogP contribution in [0.4, 0.5) is 11.4 Å². The van der Waals surface area contributed by atoms with Crippen molar-refractivity contribution in [2.75, 3.05) is 43.5 Å². The molecule has 0 saturated carbocycles. The Balaban J connectivity index is 1.32. The molecule has 0 atom stereocenters. The molecule has 0 aromatic heterocycles. The molecule has 2 N–H and O–H groups in total. The summed E-state index contributed by atoms with van der Waals surface area (Å²) in [5.41, 5.74) is 2.68. The fourth-order valence-corrected chi connectivity index (χ4v) is 4.37. The van der Waals surface area contributed by atoms with Crippen LogP contribution < -0.4 is 20.3 Å². The molecule has 0 aliphatic carbocycles. The maximum absolute atomic E-state index is 12.7. The molecule has 1 heterocycles. The van der Waals surface area contributed by atoms with Gasteiger partial charge in [0.2, 0.25) is 0 Å². The number of hydrogen-bond acceptors (Lipinski definition) is 5. The third kappa shape index (κ3) is 6.09. The number of benzene rings is 3. The van der Waals surface area contributed by atoms with Crippen molar-refractivity contribution in [2.24, 2.45) is 0 Å². The van der Waals surface area contributed by atoms with E-state index in [4.69, 9.17) is 28.6 Å². The predicted octanol–water partition coefficient (Wildman–Crippen LogP) is 4.44. The highest BCUT2D eigenvalue weighted by molar-refractivity contribution is 7.80. The molecule has 4 rings (SSSR count). The Morgan fingerprint density at radius 3 is 2.31 bits per heavy atom. The van der Waals surface area contributed by atoms with E-state index in [0.29, 0.717) is 53.8 Å². The Morgan fingerprint density at radius 2 is 1.63 bits per heavy atom. The van der Waals surface area contributed by atoms with Gasteiger partial charge in [-0.2, -0.15) is 0 Å². The summed E-state index contributed by atoms with van der Waals surface area (Å²) in [6, 6.07) is 21.6. The maximum atomic E-state index is 12.7. The second kappa shape index (κ2) is 11.2. The number of nitrogens with one attached hydrogen (secondary N) is 2. The summed E-state index contributed by atoms with van der Waals surface area (Å²) in [6.45, 7) is 2.59. The average Bonchev–Trinajstić information content (AvgIpc) is 2.89. The molecule has 0 spiro atoms. The molecule has 180 valence electrons. The minimum Gasteiger partial charge on any atom is -0.497 e. The number of ether oxygens (including phenoxy) is 1. The monoisotopic (exact) mass is 508 g/mol. The Morgan fingerprint density at radius 1 is 0.914 bits per heavy atom. The van der Waals surface area contributed by atoms with E-state index in [1.54, 1.807) is 37.4 Å². The molecule has 1 aliphatic heterocycles. The molecule has 0 unspecified atom stereocenters. The number of thiocarbonyl (C=S) groups is 1. The minimum atomic E-state index is -0.341. The second-order valence-electron chi connectivity index (χ2n) is 7.95. The summed E-state index contributed by atoms with van der Waals surface area (Å²) in [5.74, 6) is 0.289. The predicted molar refractivity (Wildman–Crippen MR) is 143 cm³/mol. The van der Waals surface area contributed by atoms with Crippen LogP contribution in [0.3, 0.4) is 0 Å². The molecule has 1 saturated heterocycles. The summed E-state index contributed by atoms with van der Waals surface area (Å²) >= 11 is 11.9. The quantitative estimate of drug-likeness (QED) is 0.496. The third-order valence-electron chi connectivity index (χ3n) is 5.69. The topological polar surface area (TPSA) is 73.9 Å². The molecule has 9 heteroatoms. The van der Waals surface area contributed by atoms with Crippen LogP contribution in [0.2, 0.25) is 5.02 Å². The van der Waals surface area contributed by atoms with Crippen LogP contribution in [0.5, 0.6) is 5.75 Å². The van der Waals surface area contributed by atoms with E-state index in [2.05, 4.69) is 15.5 Å². The Kier molecular flexibility index (Phi) is 7.84. The van der Waals surface area contributed by atoms with Gasteiger partial charge in [0, 0.05) is 43.0 Å². The fraction of sp³-hybridized carbons (Fsp3) is 0.192. The number of nitrogens with zero attached hydrogens (tertiary/aromatic N) is 2. The number of methoxy groups -OCH3 is 1. The molecule has 1 aliphatic rings. The van der Waals surface area contributed by atoms with Gasteiger partial charge in [-0.05, 0) is 60.7 Å². The lowest BCUT2D eigenvalue weighted by atomic mass is 10.1. The van der Waals surface area contributed by atoms with Gasteiger partial charge in [0.1, 0.15) is 5.75 Å². The number of carbonyl (C=O) groups excluding carboxylic acids is 2. The largest absolute Gasteiger partial charge is 0.497 e. The van der Waals surface area contributed by atoms with Gasteiger partial charge in [-0.3, -0.25) is 14.9 Å². The number of rotatable bonds is 5. The maximum Gasteiger partial charge on any atom is 0.257 e. The van der Waals surface area contributed by atoms with Crippen LogP contribution in [0, 0.1) is 0 Å². The average molecular weight is 509 g/mol. The van der Waals surface area contributed by atoms with Crippen LogP contribution in [-0.2, 0) is 0 Å². The third-order valence-corrected chi connectivity index (χ3v) is 6.20. The molecule has 3 aromatic carbocycles. The van der Waals surface area contributed by atoms with Gasteiger partial charge in [-0.25, -0.2) is 0 Å². The number of amides is 2. The van der Waals surface area contributed by atoms with Crippen molar-refractivity contribution in [2.45, 2.75) is 0 Å². The fourth-order valence-electron chi connectivity index (χ4n) is 3.86. The van der Waals surface area contributed by atoms with Gasteiger partial charge >= 0.3 is 0 Å². The standard InChI is InChI=1S/C26H25ClN4O3S/c1-34-21-9-5-8-19(16-21)24(32)29-26(35)28-20-10-11-23(22(27)17-20)30-12-14-31(15-13-30)25(33)18-6-3-2-4-7-18/h2-11,16-17H,12-15H2,1H3,(H2,28,29,32,35). The van der Waals surface area contributed by atoms with Gasteiger partial charge in [0.25, 0.3) is 11.8 Å². The van der Waals surface area contributed by atoms with Crippen molar-refractivity contribution in [3.05, 3.63) is 88.9 Å². The van der Waals surface area contributed by atoms with E-state index in [-0.39, 0.29) is 16.9 Å². The first kappa shape index (κ1) is 24.5. The first-order valence-corrected chi connectivity index (χ1v) is 11.9. The summed E-state index contributed by atoms with van der Waals surface area (Å²) in [6.07, 6.45) is 0. The first-order chi connectivity index (χ1) is 16.9. The van der Waals surface area contributed by atoms with Crippen molar-refractivity contribution < 1.29 is 14.3 Å². The highest BCUT2D eigenvalue weighted by Crippen LogP contribution is 2.30. The van der Waals surface area contributed by atoms with Gasteiger partial charge < -0.3 is 19.9 Å². The zero-order valence-corrected chi connectivity index (χ0v) is 20.7. The van der Waals surface area contributed by atoms with Gasteiger partial charge in [0.15, 0.2) is 5.11 Å². The van der Waals surface area contributed by atoms with Gasteiger partial charge in [-0.15, -0.1) is 0 Å². The number of hydrogen-bond donors (Lipinski definition) is 2. The normalized spacial score (nSPS) is 13.2. The van der Waals surface area contributed by atoms with E-state index in [1.807, 2.05) is 47.4 Å². The Hall–Kier alpha value is -3.62. The number of anilines is 2. The van der Waals surface area contributed by atoms with Crippen molar-refractivity contribution in [1.82, 2.24) is 10.2 Å². The van der Waals surface area contributed by atoms with Gasteiger partial charge in [0.05, 0.1) is 17.8 Å². The van der Waals surface area contributed by atoms with Crippen LogP contribution in [-0.4, -0.2) is 55.1 Å². The summed E-state index contributed by atoms with van der Waals surface area (Å²) in [4.78, 5) is 29.1. The molecule has 35 heavy (non-hydrogen) atoms. The van der Waals surface area contributed by atoms with Crippen LogP contribution in [0.1, 0.15) is 20.7 Å². The number of carbonyl (C=O) groups is 2. The van der Waals surface area contributed by atoms with E-state index < -0.39 is 0 Å². The minimum absolute atomic E-state index is 0.0420. The molecule has 3 aromatic rings. The first-order valence-electron chi connectivity index (χ1n) is 11.1. The van der Waals surface area contributed by atoms with E-state index >= 15 is 0 Å². The molecule has 0 bridgehead atoms. The lowest BCUT2D eigenvalue weighted by Crippen LogP contribution is -2.48. The Labute approximate surface area is 214 Å². The van der Waals surface area contributed by atoms with E-state index in [0.717, 1.165) is 5.69 Å². The number of piperazine rings is 1. The molecular weight excluding hydrogens is 484 g/mol. The molecule has 1 fully saturated rings. The SMILES string of the molecule is COc1cccc(C(=O)NC(=S)Nc2ccc(N3CCN(C(=O)c4ccccc4)CC3)c(Cl)c2)c1. The zero-order chi connectivity index (χ0) is 24.8. The number of halogens is 1. The van der Waals surface area contributed by atoms with Crippen molar-refractivity contribution >= 4 is 52.1 Å². The molecule has 7 nitrogen and oxygen atoms in total. The van der Waals surface area contributed by atoms with E-state index in [9.17, 15) is 9.59 Å². The van der Waals surface area contributed by atoms with Crippen LogP contribution in [0.25, 0.3) is 0 Å². The van der Waals surface area contributed by atoms with E-state index in [1.165, 1.54) is 0 Å². The summed E-state index contributed by atoms with van der Waals surface area (Å²) in [7, 11) is 1.54. The highest BCUT2D eigenvalue weighted by atomic mass is 35.5. The summed E-state index contributed by atoms with van der Waals surface area (Å²) < 4.78 is 5.15.